The molecule has 2 aromatic rings. The first kappa shape index (κ1) is 10.3. The zero-order valence-electron chi connectivity index (χ0n) is 8.36. The fourth-order valence-electron chi connectivity index (χ4n) is 2.25. The van der Waals surface area contributed by atoms with Crippen LogP contribution in [0.15, 0.2) is 12.1 Å². The van der Waals surface area contributed by atoms with Gasteiger partial charge < -0.3 is 0 Å². The number of aromatic nitrogens is 1. The molecule has 0 radical (unpaired) electrons. The average Bonchev–Trinajstić information content (AvgIpc) is 2.64. The summed E-state index contributed by atoms with van der Waals surface area (Å²) in [6.45, 7) is 0. The molecule has 1 nitrogen and oxygen atoms in total. The number of benzene rings is 1. The maximum Gasteiger partial charge on any atom is 0.126 e. The highest BCUT2D eigenvalue weighted by Gasteiger charge is 2.20. The van der Waals surface area contributed by atoms with Crippen LogP contribution in [0.5, 0.6) is 0 Å². The lowest BCUT2D eigenvalue weighted by Gasteiger charge is -2.08. The van der Waals surface area contributed by atoms with Crippen molar-refractivity contribution in [2.24, 2.45) is 0 Å². The minimum Gasteiger partial charge on any atom is -0.252 e. The second-order valence-electron chi connectivity index (χ2n) is 3.99. The Labute approximate surface area is 102 Å². The van der Waals surface area contributed by atoms with Gasteiger partial charge >= 0.3 is 0 Å². The minimum atomic E-state index is -0.376. The summed E-state index contributed by atoms with van der Waals surface area (Å²) in [7, 11) is 0. The molecular formula is C12H8Cl2FN. The predicted octanol–water partition coefficient (Wildman–Crippen LogP) is 4.17. The van der Waals surface area contributed by atoms with Crippen LogP contribution < -0.4 is 0 Å². The molecule has 0 aliphatic heterocycles. The van der Waals surface area contributed by atoms with E-state index in [1.54, 1.807) is 0 Å². The number of hydrogen-bond donors (Lipinski definition) is 0. The molecule has 0 bridgehead atoms. The Bertz CT molecular complexity index is 595. The van der Waals surface area contributed by atoms with Crippen LogP contribution in [0.4, 0.5) is 4.39 Å². The highest BCUT2D eigenvalue weighted by atomic mass is 35.5. The van der Waals surface area contributed by atoms with E-state index in [0.717, 1.165) is 30.5 Å². The van der Waals surface area contributed by atoms with E-state index in [9.17, 15) is 4.39 Å². The van der Waals surface area contributed by atoms with E-state index >= 15 is 0 Å². The predicted molar refractivity (Wildman–Crippen MR) is 63.7 cm³/mol. The molecule has 0 saturated heterocycles. The van der Waals surface area contributed by atoms with Crippen molar-refractivity contribution in [3.63, 3.8) is 0 Å². The van der Waals surface area contributed by atoms with Gasteiger partial charge in [-0.1, -0.05) is 23.2 Å². The second kappa shape index (κ2) is 3.57. The van der Waals surface area contributed by atoms with E-state index in [1.165, 1.54) is 12.1 Å². The SMILES string of the molecule is Fc1cc(Cl)c2c(Cl)c3c(nc2c1)CCC3. The molecule has 1 aromatic carbocycles. The summed E-state index contributed by atoms with van der Waals surface area (Å²) in [4.78, 5) is 4.43. The van der Waals surface area contributed by atoms with Gasteiger partial charge in [-0.3, -0.25) is 4.98 Å². The van der Waals surface area contributed by atoms with E-state index in [4.69, 9.17) is 23.2 Å². The molecule has 3 rings (SSSR count). The van der Waals surface area contributed by atoms with Gasteiger partial charge in [0.1, 0.15) is 5.82 Å². The summed E-state index contributed by atoms with van der Waals surface area (Å²) in [5.74, 6) is -0.376. The van der Waals surface area contributed by atoms with Crippen molar-refractivity contribution < 1.29 is 4.39 Å². The Kier molecular flexibility index (Phi) is 2.30. The molecule has 16 heavy (non-hydrogen) atoms. The Morgan fingerprint density at radius 3 is 2.81 bits per heavy atom. The van der Waals surface area contributed by atoms with Crippen LogP contribution in [0.25, 0.3) is 10.9 Å². The van der Waals surface area contributed by atoms with Gasteiger partial charge in [-0.05, 0) is 30.9 Å². The van der Waals surface area contributed by atoms with Crippen molar-refractivity contribution in [2.45, 2.75) is 19.3 Å². The van der Waals surface area contributed by atoms with Crippen LogP contribution in [-0.2, 0) is 12.8 Å². The topological polar surface area (TPSA) is 12.9 Å². The third kappa shape index (κ3) is 1.40. The Balaban J connectivity index is 2.46. The van der Waals surface area contributed by atoms with Crippen molar-refractivity contribution >= 4 is 34.1 Å². The number of hydrogen-bond acceptors (Lipinski definition) is 1. The van der Waals surface area contributed by atoms with Crippen molar-refractivity contribution in [3.05, 3.63) is 39.3 Å². The quantitative estimate of drug-likeness (QED) is 0.689. The maximum absolute atomic E-state index is 13.2. The lowest BCUT2D eigenvalue weighted by molar-refractivity contribution is 0.629. The zero-order chi connectivity index (χ0) is 11.3. The van der Waals surface area contributed by atoms with E-state index in [1.807, 2.05) is 0 Å². The summed E-state index contributed by atoms with van der Waals surface area (Å²) in [6.07, 6.45) is 2.91. The van der Waals surface area contributed by atoms with Gasteiger partial charge in [-0.2, -0.15) is 0 Å². The summed E-state index contributed by atoms with van der Waals surface area (Å²) in [6, 6.07) is 2.66. The Hall–Kier alpha value is -0.860. The molecule has 82 valence electrons. The molecule has 0 saturated carbocycles. The monoisotopic (exact) mass is 255 g/mol. The zero-order valence-corrected chi connectivity index (χ0v) is 9.87. The molecule has 1 aliphatic carbocycles. The van der Waals surface area contributed by atoms with Crippen LogP contribution in [0.2, 0.25) is 10.0 Å². The molecule has 0 amide bonds. The second-order valence-corrected chi connectivity index (χ2v) is 4.77. The van der Waals surface area contributed by atoms with Crippen LogP contribution in [0, 0.1) is 5.82 Å². The molecule has 1 aromatic heterocycles. The average molecular weight is 256 g/mol. The van der Waals surface area contributed by atoms with E-state index in [2.05, 4.69) is 4.98 Å². The van der Waals surface area contributed by atoms with E-state index < -0.39 is 0 Å². The van der Waals surface area contributed by atoms with Gasteiger partial charge in [0, 0.05) is 17.1 Å². The molecule has 0 atom stereocenters. The third-order valence-corrected chi connectivity index (χ3v) is 3.68. The molecule has 1 heterocycles. The molecule has 0 N–H and O–H groups in total. The first-order valence-electron chi connectivity index (χ1n) is 5.13. The molecule has 0 unspecified atom stereocenters. The first-order valence-corrected chi connectivity index (χ1v) is 5.88. The smallest absolute Gasteiger partial charge is 0.126 e. The molecule has 4 heteroatoms. The third-order valence-electron chi connectivity index (χ3n) is 2.96. The summed E-state index contributed by atoms with van der Waals surface area (Å²) < 4.78 is 13.2. The van der Waals surface area contributed by atoms with Crippen molar-refractivity contribution in [1.29, 1.82) is 0 Å². The van der Waals surface area contributed by atoms with Crippen molar-refractivity contribution in [1.82, 2.24) is 4.98 Å². The van der Waals surface area contributed by atoms with Gasteiger partial charge in [0.15, 0.2) is 0 Å². The van der Waals surface area contributed by atoms with Crippen molar-refractivity contribution in [3.8, 4) is 0 Å². The maximum atomic E-state index is 13.2. The normalized spacial score (nSPS) is 14.4. The fourth-order valence-corrected chi connectivity index (χ4v) is 3.00. The number of pyridine rings is 1. The van der Waals surface area contributed by atoms with E-state index in [0.29, 0.717) is 20.9 Å². The molecule has 0 spiro atoms. The summed E-state index contributed by atoms with van der Waals surface area (Å²) in [5, 5.41) is 1.65. The lowest BCUT2D eigenvalue weighted by atomic mass is 10.1. The first-order chi connectivity index (χ1) is 7.66. The summed E-state index contributed by atoms with van der Waals surface area (Å²) >= 11 is 12.3. The fraction of sp³-hybridized carbons (Fsp3) is 0.250. The lowest BCUT2D eigenvalue weighted by Crippen LogP contribution is -1.93. The van der Waals surface area contributed by atoms with Crippen LogP contribution in [-0.4, -0.2) is 4.98 Å². The molecule has 1 aliphatic rings. The highest BCUT2D eigenvalue weighted by Crippen LogP contribution is 2.37. The molecule has 0 fully saturated rings. The molecular weight excluding hydrogens is 248 g/mol. The Morgan fingerprint density at radius 1 is 1.19 bits per heavy atom. The standard InChI is InChI=1S/C12H8Cl2FN/c13-8-4-6(15)5-10-11(8)12(14)7-2-1-3-9(7)16-10/h4-5H,1-3H2. The largest absolute Gasteiger partial charge is 0.252 e. The minimum absolute atomic E-state index is 0.335. The van der Waals surface area contributed by atoms with Gasteiger partial charge in [-0.15, -0.1) is 0 Å². The number of aryl methyl sites for hydroxylation is 1. The Morgan fingerprint density at radius 2 is 2.00 bits per heavy atom. The number of rotatable bonds is 0. The summed E-state index contributed by atoms with van der Waals surface area (Å²) in [5.41, 5.74) is 2.61. The highest BCUT2D eigenvalue weighted by molar-refractivity contribution is 6.42. The van der Waals surface area contributed by atoms with Gasteiger partial charge in [0.2, 0.25) is 0 Å². The number of fused-ring (bicyclic) bond motifs is 2. The van der Waals surface area contributed by atoms with Gasteiger partial charge in [-0.25, -0.2) is 4.39 Å². The van der Waals surface area contributed by atoms with Crippen LogP contribution in [0.3, 0.4) is 0 Å². The van der Waals surface area contributed by atoms with Gasteiger partial charge in [0.05, 0.1) is 15.6 Å². The van der Waals surface area contributed by atoms with Gasteiger partial charge in [0.25, 0.3) is 0 Å². The van der Waals surface area contributed by atoms with Crippen molar-refractivity contribution in [2.75, 3.05) is 0 Å². The van der Waals surface area contributed by atoms with E-state index in [-0.39, 0.29) is 5.82 Å². The number of halogens is 3. The van der Waals surface area contributed by atoms with Crippen LogP contribution in [0.1, 0.15) is 17.7 Å². The van der Waals surface area contributed by atoms with Crippen LogP contribution >= 0.6 is 23.2 Å². The number of nitrogens with zero attached hydrogens (tertiary/aromatic N) is 1.